The molecule has 0 unspecified atom stereocenters. The molecule has 0 atom stereocenters. The lowest BCUT2D eigenvalue weighted by atomic mass is 9.74. The molecule has 0 bridgehead atoms. The Morgan fingerprint density at radius 2 is 1.77 bits per heavy atom. The van der Waals surface area contributed by atoms with Crippen molar-refractivity contribution in [2.24, 2.45) is 5.41 Å². The maximum atomic E-state index is 4.45. The van der Waals surface area contributed by atoms with E-state index in [1.165, 1.54) is 51.6 Å². The SMILES string of the molecule is C1CCNCC2(CC1)CC[N]CC2. The Hall–Kier alpha value is -0.0800. The molecule has 2 saturated heterocycles. The summed E-state index contributed by atoms with van der Waals surface area (Å²) in [4.78, 5) is 0. The first-order valence-corrected chi connectivity index (χ1v) is 5.75. The van der Waals surface area contributed by atoms with E-state index in [0.717, 1.165) is 13.1 Å². The second kappa shape index (κ2) is 4.43. The van der Waals surface area contributed by atoms with Gasteiger partial charge in [0, 0.05) is 19.6 Å². The van der Waals surface area contributed by atoms with E-state index < -0.39 is 0 Å². The summed E-state index contributed by atoms with van der Waals surface area (Å²) in [5.41, 5.74) is 0.627. The molecule has 2 fully saturated rings. The van der Waals surface area contributed by atoms with Gasteiger partial charge in [0.15, 0.2) is 0 Å². The van der Waals surface area contributed by atoms with E-state index in [1.807, 2.05) is 0 Å². The Labute approximate surface area is 81.5 Å². The molecular formula is C11H21N2. The van der Waals surface area contributed by atoms with Crippen molar-refractivity contribution in [1.29, 1.82) is 0 Å². The minimum Gasteiger partial charge on any atom is -0.316 e. The number of hydrogen-bond donors (Lipinski definition) is 1. The number of nitrogens with one attached hydrogen (secondary N) is 1. The Bertz CT molecular complexity index is 140. The van der Waals surface area contributed by atoms with Gasteiger partial charge in [-0.25, -0.2) is 5.32 Å². The average Bonchev–Trinajstić information content (AvgIpc) is 2.14. The van der Waals surface area contributed by atoms with E-state index in [4.69, 9.17) is 0 Å². The topological polar surface area (TPSA) is 26.1 Å². The Morgan fingerprint density at radius 3 is 2.62 bits per heavy atom. The van der Waals surface area contributed by atoms with Gasteiger partial charge >= 0.3 is 0 Å². The van der Waals surface area contributed by atoms with Crippen LogP contribution in [0.15, 0.2) is 0 Å². The summed E-state index contributed by atoms with van der Waals surface area (Å²) >= 11 is 0. The van der Waals surface area contributed by atoms with Crippen LogP contribution in [0.2, 0.25) is 0 Å². The molecule has 0 aromatic carbocycles. The number of rotatable bonds is 0. The molecule has 2 heterocycles. The van der Waals surface area contributed by atoms with Crippen LogP contribution in [0.4, 0.5) is 0 Å². The lowest BCUT2D eigenvalue weighted by molar-refractivity contribution is 0.162. The minimum absolute atomic E-state index is 0.627. The highest BCUT2D eigenvalue weighted by atomic mass is 14.9. The fourth-order valence-electron chi connectivity index (χ4n) is 2.66. The van der Waals surface area contributed by atoms with Crippen LogP contribution < -0.4 is 10.6 Å². The molecule has 2 rings (SSSR count). The molecule has 2 heteroatoms. The van der Waals surface area contributed by atoms with Gasteiger partial charge in [0.25, 0.3) is 0 Å². The van der Waals surface area contributed by atoms with Gasteiger partial charge in [-0.15, -0.1) is 0 Å². The Kier molecular flexibility index (Phi) is 3.23. The van der Waals surface area contributed by atoms with Crippen molar-refractivity contribution in [3.05, 3.63) is 0 Å². The lowest BCUT2D eigenvalue weighted by Gasteiger charge is -2.38. The molecule has 2 aliphatic heterocycles. The Balaban J connectivity index is 1.91. The van der Waals surface area contributed by atoms with Gasteiger partial charge in [0.05, 0.1) is 0 Å². The normalized spacial score (nSPS) is 29.5. The van der Waals surface area contributed by atoms with Gasteiger partial charge in [-0.05, 0) is 37.6 Å². The summed E-state index contributed by atoms with van der Waals surface area (Å²) in [5, 5.41) is 8.06. The molecular weight excluding hydrogens is 160 g/mol. The van der Waals surface area contributed by atoms with Crippen LogP contribution in [0.3, 0.4) is 0 Å². The molecule has 75 valence electrons. The second-order valence-corrected chi connectivity index (χ2v) is 4.66. The van der Waals surface area contributed by atoms with Crippen LogP contribution in [-0.4, -0.2) is 26.2 Å². The molecule has 2 aliphatic rings. The van der Waals surface area contributed by atoms with E-state index >= 15 is 0 Å². The van der Waals surface area contributed by atoms with Gasteiger partial charge in [0.2, 0.25) is 0 Å². The molecule has 0 amide bonds. The van der Waals surface area contributed by atoms with E-state index in [1.54, 1.807) is 0 Å². The number of nitrogens with zero attached hydrogens (tertiary/aromatic N) is 1. The highest BCUT2D eigenvalue weighted by Gasteiger charge is 2.31. The molecule has 0 aromatic heterocycles. The van der Waals surface area contributed by atoms with E-state index in [-0.39, 0.29) is 0 Å². The minimum atomic E-state index is 0.627. The predicted molar refractivity (Wildman–Crippen MR) is 54.9 cm³/mol. The molecule has 1 spiro atoms. The van der Waals surface area contributed by atoms with Crippen LogP contribution in [0.5, 0.6) is 0 Å². The first kappa shape index (κ1) is 9.47. The summed E-state index contributed by atoms with van der Waals surface area (Å²) in [7, 11) is 0. The standard InChI is InChI=1S/C11H21N2/c1-2-4-11(10-13-7-3-1)5-8-12-9-6-11/h13H,1-10H2. The van der Waals surface area contributed by atoms with Crippen LogP contribution in [0.1, 0.15) is 38.5 Å². The zero-order valence-electron chi connectivity index (χ0n) is 8.52. The zero-order chi connectivity index (χ0) is 8.99. The third-order valence-electron chi connectivity index (χ3n) is 3.66. The van der Waals surface area contributed by atoms with Crippen molar-refractivity contribution in [2.75, 3.05) is 26.2 Å². The van der Waals surface area contributed by atoms with E-state index in [9.17, 15) is 0 Å². The number of hydrogen-bond acceptors (Lipinski definition) is 1. The molecule has 2 nitrogen and oxygen atoms in total. The third-order valence-corrected chi connectivity index (χ3v) is 3.66. The monoisotopic (exact) mass is 181 g/mol. The summed E-state index contributed by atoms with van der Waals surface area (Å²) in [6, 6.07) is 0. The first-order chi connectivity index (χ1) is 6.41. The van der Waals surface area contributed by atoms with Gasteiger partial charge in [-0.3, -0.25) is 0 Å². The van der Waals surface area contributed by atoms with Crippen molar-refractivity contribution in [2.45, 2.75) is 38.5 Å². The molecule has 0 aliphatic carbocycles. The third kappa shape index (κ3) is 2.44. The van der Waals surface area contributed by atoms with E-state index in [0.29, 0.717) is 5.41 Å². The summed E-state index contributed by atoms with van der Waals surface area (Å²) < 4.78 is 0. The predicted octanol–water partition coefficient (Wildman–Crippen LogP) is 1.53. The summed E-state index contributed by atoms with van der Waals surface area (Å²) in [6.07, 6.45) is 8.35. The van der Waals surface area contributed by atoms with E-state index in [2.05, 4.69) is 10.6 Å². The smallest absolute Gasteiger partial charge is 0.0139 e. The second-order valence-electron chi connectivity index (χ2n) is 4.66. The quantitative estimate of drug-likeness (QED) is 0.602. The maximum Gasteiger partial charge on any atom is 0.0139 e. The van der Waals surface area contributed by atoms with Gasteiger partial charge in [-0.1, -0.05) is 12.8 Å². The molecule has 0 saturated carbocycles. The van der Waals surface area contributed by atoms with Crippen LogP contribution in [0, 0.1) is 5.41 Å². The van der Waals surface area contributed by atoms with Crippen LogP contribution >= 0.6 is 0 Å². The van der Waals surface area contributed by atoms with Crippen molar-refractivity contribution < 1.29 is 0 Å². The fourth-order valence-corrected chi connectivity index (χ4v) is 2.66. The largest absolute Gasteiger partial charge is 0.316 e. The van der Waals surface area contributed by atoms with Crippen molar-refractivity contribution >= 4 is 0 Å². The van der Waals surface area contributed by atoms with Crippen LogP contribution in [0.25, 0.3) is 0 Å². The summed E-state index contributed by atoms with van der Waals surface area (Å²) in [5.74, 6) is 0. The average molecular weight is 181 g/mol. The fraction of sp³-hybridized carbons (Fsp3) is 1.00. The van der Waals surface area contributed by atoms with Crippen molar-refractivity contribution in [3.8, 4) is 0 Å². The molecule has 1 radical (unpaired) electrons. The Morgan fingerprint density at radius 1 is 0.923 bits per heavy atom. The van der Waals surface area contributed by atoms with Crippen molar-refractivity contribution in [1.82, 2.24) is 10.6 Å². The highest BCUT2D eigenvalue weighted by Crippen LogP contribution is 2.35. The number of piperidine rings is 1. The molecule has 0 aromatic rings. The molecule has 13 heavy (non-hydrogen) atoms. The van der Waals surface area contributed by atoms with Crippen LogP contribution in [-0.2, 0) is 0 Å². The lowest BCUT2D eigenvalue weighted by Crippen LogP contribution is -2.42. The molecule has 1 N–H and O–H groups in total. The maximum absolute atomic E-state index is 4.45. The van der Waals surface area contributed by atoms with Gasteiger partial charge in [-0.2, -0.15) is 0 Å². The van der Waals surface area contributed by atoms with Crippen molar-refractivity contribution in [3.63, 3.8) is 0 Å². The highest BCUT2D eigenvalue weighted by molar-refractivity contribution is 4.87. The first-order valence-electron chi connectivity index (χ1n) is 5.75. The summed E-state index contributed by atoms with van der Waals surface area (Å²) in [6.45, 7) is 4.71. The zero-order valence-corrected chi connectivity index (χ0v) is 8.52. The van der Waals surface area contributed by atoms with Gasteiger partial charge in [0.1, 0.15) is 0 Å². The van der Waals surface area contributed by atoms with Gasteiger partial charge < -0.3 is 5.32 Å².